The average Bonchev–Trinajstić information content (AvgIpc) is 3.26. The van der Waals surface area contributed by atoms with Crippen LogP contribution in [0, 0.1) is 5.82 Å². The van der Waals surface area contributed by atoms with E-state index >= 15 is 0 Å². The highest BCUT2D eigenvalue weighted by molar-refractivity contribution is 5.58. The summed E-state index contributed by atoms with van der Waals surface area (Å²) in [5.74, 6) is 0.717. The summed E-state index contributed by atoms with van der Waals surface area (Å²) in [7, 11) is 0. The van der Waals surface area contributed by atoms with Crippen LogP contribution in [0.25, 0.3) is 11.3 Å². The summed E-state index contributed by atoms with van der Waals surface area (Å²) in [6, 6.07) is 19.4. The Hall–Kier alpha value is -2.46. The molecule has 1 aromatic heterocycles. The molecule has 0 aliphatic carbocycles. The lowest BCUT2D eigenvalue weighted by molar-refractivity contribution is 0.214. The Bertz CT molecular complexity index is 831. The molecule has 1 aliphatic heterocycles. The van der Waals surface area contributed by atoms with Gasteiger partial charge in [0, 0.05) is 17.7 Å². The van der Waals surface area contributed by atoms with Crippen LogP contribution in [0.4, 0.5) is 4.39 Å². The first-order chi connectivity index (χ1) is 12.3. The predicted molar refractivity (Wildman–Crippen MR) is 95.5 cm³/mol. The monoisotopic (exact) mass is 336 g/mol. The van der Waals surface area contributed by atoms with Crippen molar-refractivity contribution in [3.05, 3.63) is 77.8 Å². The minimum absolute atomic E-state index is 0.162. The van der Waals surface area contributed by atoms with Crippen LogP contribution in [0.1, 0.15) is 24.2 Å². The van der Waals surface area contributed by atoms with Gasteiger partial charge in [-0.1, -0.05) is 47.6 Å². The van der Waals surface area contributed by atoms with E-state index in [2.05, 4.69) is 10.1 Å². The largest absolute Gasteiger partial charge is 0.359 e. The van der Waals surface area contributed by atoms with Crippen molar-refractivity contribution in [2.45, 2.75) is 31.8 Å². The van der Waals surface area contributed by atoms with Crippen LogP contribution >= 0.6 is 0 Å². The van der Waals surface area contributed by atoms with Crippen LogP contribution in [-0.2, 0) is 13.0 Å². The first-order valence-electron chi connectivity index (χ1n) is 8.77. The fourth-order valence-electron chi connectivity index (χ4n) is 3.60. The fraction of sp³-hybridized carbons (Fsp3) is 0.286. The maximum absolute atomic E-state index is 13.4. The van der Waals surface area contributed by atoms with E-state index in [9.17, 15) is 4.39 Å². The van der Waals surface area contributed by atoms with Gasteiger partial charge in [-0.25, -0.2) is 4.39 Å². The second-order valence-corrected chi connectivity index (χ2v) is 6.65. The summed E-state index contributed by atoms with van der Waals surface area (Å²) in [6.07, 6.45) is 3.17. The van der Waals surface area contributed by atoms with E-state index in [1.165, 1.54) is 12.5 Å². The zero-order valence-electron chi connectivity index (χ0n) is 14.1. The molecule has 0 bridgehead atoms. The average molecular weight is 336 g/mol. The van der Waals surface area contributed by atoms with E-state index in [1.807, 2.05) is 42.5 Å². The molecule has 4 heteroatoms. The van der Waals surface area contributed by atoms with Crippen molar-refractivity contribution in [3.63, 3.8) is 0 Å². The third-order valence-corrected chi connectivity index (χ3v) is 4.85. The van der Waals surface area contributed by atoms with Gasteiger partial charge in [0.15, 0.2) is 5.76 Å². The number of likely N-dealkylation sites (tertiary alicyclic amines) is 1. The van der Waals surface area contributed by atoms with Crippen LogP contribution < -0.4 is 0 Å². The molecule has 0 amide bonds. The Morgan fingerprint density at radius 3 is 2.80 bits per heavy atom. The van der Waals surface area contributed by atoms with Gasteiger partial charge in [-0.15, -0.1) is 0 Å². The summed E-state index contributed by atoms with van der Waals surface area (Å²) < 4.78 is 19.0. The highest BCUT2D eigenvalue weighted by atomic mass is 19.1. The molecule has 0 radical (unpaired) electrons. The van der Waals surface area contributed by atoms with Gasteiger partial charge in [-0.2, -0.15) is 0 Å². The number of benzene rings is 2. The van der Waals surface area contributed by atoms with Gasteiger partial charge in [0.25, 0.3) is 0 Å². The lowest BCUT2D eigenvalue weighted by Crippen LogP contribution is -2.30. The van der Waals surface area contributed by atoms with E-state index in [4.69, 9.17) is 4.52 Å². The quantitative estimate of drug-likeness (QED) is 0.677. The van der Waals surface area contributed by atoms with Crippen molar-refractivity contribution < 1.29 is 8.91 Å². The Balaban J connectivity index is 1.44. The van der Waals surface area contributed by atoms with Crippen LogP contribution in [0.15, 0.2) is 65.2 Å². The van der Waals surface area contributed by atoms with Crippen LogP contribution in [0.5, 0.6) is 0 Å². The van der Waals surface area contributed by atoms with E-state index in [0.717, 1.165) is 48.5 Å². The molecular formula is C21H21FN2O. The molecule has 0 saturated carbocycles. The molecule has 1 aliphatic rings. The SMILES string of the molecule is Fc1cccc(CC2CCCN2Cc2cc(-c3ccccc3)no2)c1. The molecule has 4 rings (SSSR count). The molecule has 2 heterocycles. The minimum Gasteiger partial charge on any atom is -0.359 e. The molecule has 1 fully saturated rings. The standard InChI is InChI=1S/C21H21FN2O/c22-18-9-4-6-16(12-18)13-19-10-5-11-24(19)15-20-14-21(23-25-20)17-7-2-1-3-8-17/h1-4,6-9,12,14,19H,5,10-11,13,15H2. The Morgan fingerprint density at radius 1 is 1.08 bits per heavy atom. The van der Waals surface area contributed by atoms with E-state index < -0.39 is 0 Å². The number of hydrogen-bond acceptors (Lipinski definition) is 3. The predicted octanol–water partition coefficient (Wildman–Crippen LogP) is 4.69. The smallest absolute Gasteiger partial charge is 0.151 e. The maximum atomic E-state index is 13.4. The zero-order chi connectivity index (χ0) is 17.1. The molecule has 1 atom stereocenters. The molecule has 3 aromatic rings. The topological polar surface area (TPSA) is 29.3 Å². The van der Waals surface area contributed by atoms with Crippen molar-refractivity contribution in [3.8, 4) is 11.3 Å². The zero-order valence-corrected chi connectivity index (χ0v) is 14.1. The highest BCUT2D eigenvalue weighted by Crippen LogP contribution is 2.25. The first kappa shape index (κ1) is 16.0. The van der Waals surface area contributed by atoms with Gasteiger partial charge >= 0.3 is 0 Å². The maximum Gasteiger partial charge on any atom is 0.151 e. The summed E-state index contributed by atoms with van der Waals surface area (Å²) in [6.45, 7) is 1.79. The molecular weight excluding hydrogens is 315 g/mol. The lowest BCUT2D eigenvalue weighted by atomic mass is 10.0. The van der Waals surface area contributed by atoms with Crippen molar-refractivity contribution in [1.29, 1.82) is 0 Å². The molecule has 128 valence electrons. The normalized spacial score (nSPS) is 17.9. The summed E-state index contributed by atoms with van der Waals surface area (Å²) in [5.41, 5.74) is 2.99. The van der Waals surface area contributed by atoms with Gasteiger partial charge in [-0.3, -0.25) is 4.90 Å². The van der Waals surface area contributed by atoms with Gasteiger partial charge in [-0.05, 0) is 43.5 Å². The summed E-state index contributed by atoms with van der Waals surface area (Å²) >= 11 is 0. The van der Waals surface area contributed by atoms with E-state index in [-0.39, 0.29) is 5.82 Å². The first-order valence-corrected chi connectivity index (χ1v) is 8.77. The fourth-order valence-corrected chi connectivity index (χ4v) is 3.60. The Kier molecular flexibility index (Phi) is 4.61. The molecule has 0 N–H and O–H groups in total. The molecule has 2 aromatic carbocycles. The molecule has 3 nitrogen and oxygen atoms in total. The van der Waals surface area contributed by atoms with E-state index in [0.29, 0.717) is 6.04 Å². The van der Waals surface area contributed by atoms with Gasteiger partial charge in [0.2, 0.25) is 0 Å². The third kappa shape index (κ3) is 3.80. The minimum atomic E-state index is -0.162. The third-order valence-electron chi connectivity index (χ3n) is 4.85. The van der Waals surface area contributed by atoms with Crippen molar-refractivity contribution in [2.24, 2.45) is 0 Å². The van der Waals surface area contributed by atoms with E-state index in [1.54, 1.807) is 12.1 Å². The Morgan fingerprint density at radius 2 is 1.96 bits per heavy atom. The molecule has 0 spiro atoms. The van der Waals surface area contributed by atoms with Gasteiger partial charge < -0.3 is 4.52 Å². The Labute approximate surface area is 147 Å². The second kappa shape index (κ2) is 7.19. The summed E-state index contributed by atoms with van der Waals surface area (Å²) in [5, 5.41) is 4.20. The molecule has 1 unspecified atom stereocenters. The van der Waals surface area contributed by atoms with Crippen LogP contribution in [0.3, 0.4) is 0 Å². The lowest BCUT2D eigenvalue weighted by Gasteiger charge is -2.23. The highest BCUT2D eigenvalue weighted by Gasteiger charge is 2.26. The summed E-state index contributed by atoms with van der Waals surface area (Å²) in [4.78, 5) is 2.42. The van der Waals surface area contributed by atoms with Gasteiger partial charge in [0.05, 0.1) is 6.54 Å². The van der Waals surface area contributed by atoms with Crippen LogP contribution in [-0.4, -0.2) is 22.6 Å². The second-order valence-electron chi connectivity index (χ2n) is 6.65. The van der Waals surface area contributed by atoms with Gasteiger partial charge in [0.1, 0.15) is 11.5 Å². The van der Waals surface area contributed by atoms with Crippen molar-refractivity contribution in [2.75, 3.05) is 6.54 Å². The number of hydrogen-bond donors (Lipinski definition) is 0. The number of rotatable bonds is 5. The number of halogens is 1. The van der Waals surface area contributed by atoms with Crippen molar-refractivity contribution >= 4 is 0 Å². The number of nitrogens with zero attached hydrogens (tertiary/aromatic N) is 2. The van der Waals surface area contributed by atoms with Crippen LogP contribution in [0.2, 0.25) is 0 Å². The molecule has 1 saturated heterocycles. The van der Waals surface area contributed by atoms with Crippen molar-refractivity contribution in [1.82, 2.24) is 10.1 Å². The molecule has 25 heavy (non-hydrogen) atoms. The number of aromatic nitrogens is 1.